The molecule has 0 aliphatic heterocycles. The van der Waals surface area contributed by atoms with Crippen molar-refractivity contribution in [2.24, 2.45) is 0 Å². The van der Waals surface area contributed by atoms with E-state index in [-0.39, 0.29) is 0 Å². The first-order valence-electron chi connectivity index (χ1n) is 5.62. The predicted molar refractivity (Wildman–Crippen MR) is 79.1 cm³/mol. The van der Waals surface area contributed by atoms with Crippen LogP contribution >= 0.6 is 20.7 Å². The number of hydrogen-bond acceptors (Lipinski definition) is 2. The van der Waals surface area contributed by atoms with Gasteiger partial charge in [0.1, 0.15) is 4.88 Å². The van der Waals surface area contributed by atoms with Crippen LogP contribution in [0.1, 0.15) is 0 Å². The van der Waals surface area contributed by atoms with Crippen molar-refractivity contribution in [3.05, 3.63) is 60.7 Å². The van der Waals surface area contributed by atoms with Gasteiger partial charge in [-0.25, -0.2) is 0 Å². The highest BCUT2D eigenvalue weighted by Crippen LogP contribution is 2.47. The van der Waals surface area contributed by atoms with Gasteiger partial charge in [0.05, 0.1) is 0 Å². The van der Waals surface area contributed by atoms with E-state index in [9.17, 15) is 5.11 Å². The first-order valence-corrected chi connectivity index (χ1v) is 7.77. The molecule has 0 saturated carbocycles. The Kier molecular flexibility index (Phi) is 3.09. The second-order valence-corrected chi connectivity index (χ2v) is 6.06. The molecule has 0 aliphatic rings. The van der Waals surface area contributed by atoms with Crippen LogP contribution < -0.4 is 0 Å². The molecule has 0 bridgehead atoms. The van der Waals surface area contributed by atoms with Crippen molar-refractivity contribution < 1.29 is 5.11 Å². The maximum atomic E-state index is 10.4. The van der Waals surface area contributed by atoms with Crippen LogP contribution in [0.2, 0.25) is 0 Å². The maximum Gasteiger partial charge on any atom is 0.305 e. The Hall–Kier alpha value is -1.71. The van der Waals surface area contributed by atoms with E-state index in [4.69, 9.17) is 0 Å². The van der Waals surface area contributed by atoms with Crippen LogP contribution in [-0.4, -0.2) is 5.11 Å². The lowest BCUT2D eigenvalue weighted by Gasteiger charge is -1.95. The molecule has 1 heterocycles. The average Bonchev–Trinajstić information content (AvgIpc) is 2.83. The van der Waals surface area contributed by atoms with E-state index in [1.54, 1.807) is 20.7 Å². The molecule has 88 valence electrons. The molecule has 3 heteroatoms. The molecule has 3 rings (SSSR count). The molecule has 1 nitrogen and oxygen atoms in total. The molecule has 0 saturated heterocycles. The van der Waals surface area contributed by atoms with Gasteiger partial charge in [-0.3, -0.25) is 0 Å². The van der Waals surface area contributed by atoms with Crippen LogP contribution in [-0.2, 0) is 0 Å². The summed E-state index contributed by atoms with van der Waals surface area (Å²) in [4.78, 5) is 1.89. The van der Waals surface area contributed by atoms with Gasteiger partial charge in [-0.2, -0.15) is 0 Å². The number of aromatic hydroxyl groups is 1. The molecule has 0 atom stereocenters. The summed E-state index contributed by atoms with van der Waals surface area (Å²) in [5.74, 6) is 0.391. The van der Waals surface area contributed by atoms with Gasteiger partial charge in [0.25, 0.3) is 4.88 Å². The second kappa shape index (κ2) is 4.88. The third-order valence-corrected chi connectivity index (χ3v) is 5.24. The number of benzene rings is 2. The Morgan fingerprint density at radius 2 is 1.33 bits per heavy atom. The first-order chi connectivity index (χ1) is 8.86. The second-order valence-electron chi connectivity index (χ2n) is 3.91. The molecular formula is C15H11OS2+. The summed E-state index contributed by atoms with van der Waals surface area (Å²) >= 11 is 0. The van der Waals surface area contributed by atoms with Crippen LogP contribution in [0.15, 0.2) is 60.7 Å². The zero-order valence-electron chi connectivity index (χ0n) is 9.54. The Morgan fingerprint density at radius 1 is 0.778 bits per heavy atom. The molecule has 1 aromatic heterocycles. The van der Waals surface area contributed by atoms with Gasteiger partial charge in [0.15, 0.2) is 10.3 Å². The molecule has 0 fully saturated rings. The molecule has 0 unspecified atom stereocenters. The van der Waals surface area contributed by atoms with Crippen LogP contribution in [0.5, 0.6) is 5.75 Å². The molecular weight excluding hydrogens is 260 g/mol. The van der Waals surface area contributed by atoms with E-state index in [0.717, 1.165) is 20.9 Å². The fourth-order valence-electron chi connectivity index (χ4n) is 1.81. The molecule has 1 N–H and O–H groups in total. The summed E-state index contributed by atoms with van der Waals surface area (Å²) < 4.78 is 0. The smallest absolute Gasteiger partial charge is 0.305 e. The highest BCUT2D eigenvalue weighted by atomic mass is 32.9. The quantitative estimate of drug-likeness (QED) is 0.506. The van der Waals surface area contributed by atoms with Crippen molar-refractivity contribution in [1.82, 2.24) is 0 Å². The van der Waals surface area contributed by atoms with Crippen molar-refractivity contribution in [3.8, 4) is 26.6 Å². The van der Waals surface area contributed by atoms with Gasteiger partial charge >= 0.3 is 10.3 Å². The molecule has 0 aliphatic carbocycles. The molecule has 0 spiro atoms. The molecule has 0 amide bonds. The van der Waals surface area contributed by atoms with E-state index in [1.165, 1.54) is 0 Å². The fraction of sp³-hybridized carbons (Fsp3) is 0. The Morgan fingerprint density at radius 3 is 1.94 bits per heavy atom. The Bertz CT molecular complexity index is 588. The van der Waals surface area contributed by atoms with Gasteiger partial charge in [0.2, 0.25) is 5.75 Å². The topological polar surface area (TPSA) is 20.2 Å². The summed E-state index contributed by atoms with van der Waals surface area (Å²) in [5.41, 5.74) is 2.14. The summed E-state index contributed by atoms with van der Waals surface area (Å²) in [6.45, 7) is 0. The minimum absolute atomic E-state index is 0.391. The van der Waals surface area contributed by atoms with Gasteiger partial charge < -0.3 is 5.11 Å². The van der Waals surface area contributed by atoms with Crippen molar-refractivity contribution >= 4 is 20.7 Å². The number of rotatable bonds is 2. The highest BCUT2D eigenvalue weighted by molar-refractivity contribution is 7.72. The number of hydrogen-bond donors (Lipinski definition) is 1. The van der Waals surface area contributed by atoms with E-state index in [1.807, 2.05) is 60.7 Å². The van der Waals surface area contributed by atoms with E-state index < -0.39 is 0 Å². The van der Waals surface area contributed by atoms with E-state index >= 15 is 0 Å². The van der Waals surface area contributed by atoms with Crippen molar-refractivity contribution in [2.45, 2.75) is 0 Å². The minimum Gasteiger partial charge on any atom is -0.502 e. The molecule has 2 aromatic carbocycles. The van der Waals surface area contributed by atoms with Crippen molar-refractivity contribution in [3.63, 3.8) is 0 Å². The third-order valence-electron chi connectivity index (χ3n) is 2.71. The third kappa shape index (κ3) is 2.03. The van der Waals surface area contributed by atoms with Crippen LogP contribution in [0.3, 0.4) is 0 Å². The maximum absolute atomic E-state index is 10.4. The van der Waals surface area contributed by atoms with E-state index in [0.29, 0.717) is 5.75 Å². The van der Waals surface area contributed by atoms with Gasteiger partial charge in [-0.05, 0) is 12.1 Å². The summed E-state index contributed by atoms with van der Waals surface area (Å²) in [6, 6.07) is 20.0. The normalized spacial score (nSPS) is 10.4. The Balaban J connectivity index is 2.09. The predicted octanol–water partition coefficient (Wildman–Crippen LogP) is 5.13. The lowest BCUT2D eigenvalue weighted by atomic mass is 10.1. The van der Waals surface area contributed by atoms with Crippen molar-refractivity contribution in [1.29, 1.82) is 0 Å². The summed E-state index contributed by atoms with van der Waals surface area (Å²) in [6.07, 6.45) is 0. The molecule has 18 heavy (non-hydrogen) atoms. The molecule has 0 radical (unpaired) electrons. The lowest BCUT2D eigenvalue weighted by molar-refractivity contribution is 0.482. The lowest BCUT2D eigenvalue weighted by Crippen LogP contribution is -1.74. The SMILES string of the molecule is Oc1c(-c2ccccc2)s[s+]c1-c1ccccc1. The zero-order valence-corrected chi connectivity index (χ0v) is 11.2. The van der Waals surface area contributed by atoms with Crippen molar-refractivity contribution in [2.75, 3.05) is 0 Å². The fourth-order valence-corrected chi connectivity index (χ4v) is 4.42. The van der Waals surface area contributed by atoms with Gasteiger partial charge in [0, 0.05) is 11.1 Å². The van der Waals surface area contributed by atoms with E-state index in [2.05, 4.69) is 0 Å². The van der Waals surface area contributed by atoms with Gasteiger partial charge in [-0.15, -0.1) is 0 Å². The molecule has 3 aromatic rings. The standard InChI is InChI=1S/C15H10OS2/c16-13-14(11-7-3-1-4-8-11)17-18-15(13)12-9-5-2-6-10-12/h1-10H/p+1. The van der Waals surface area contributed by atoms with Crippen LogP contribution in [0.4, 0.5) is 0 Å². The average molecular weight is 271 g/mol. The zero-order chi connectivity index (χ0) is 12.4. The van der Waals surface area contributed by atoms with Crippen LogP contribution in [0.25, 0.3) is 20.9 Å². The Labute approximate surface area is 113 Å². The minimum atomic E-state index is 0.391. The monoisotopic (exact) mass is 271 g/mol. The van der Waals surface area contributed by atoms with Crippen LogP contribution in [0, 0.1) is 0 Å². The first kappa shape index (κ1) is 11.4. The largest absolute Gasteiger partial charge is 0.502 e. The highest BCUT2D eigenvalue weighted by Gasteiger charge is 2.25. The summed E-state index contributed by atoms with van der Waals surface area (Å²) in [5, 5.41) is 10.4. The summed E-state index contributed by atoms with van der Waals surface area (Å²) in [7, 11) is 3.23. The van der Waals surface area contributed by atoms with Gasteiger partial charge in [-0.1, -0.05) is 48.5 Å².